The smallest absolute Gasteiger partial charge is 0.264 e. The Balaban J connectivity index is 1.55. The van der Waals surface area contributed by atoms with Crippen molar-refractivity contribution in [2.45, 2.75) is 24.8 Å². The first-order chi connectivity index (χ1) is 18.1. The lowest BCUT2D eigenvalue weighted by Crippen LogP contribution is -2.40. The Morgan fingerprint density at radius 3 is 2.29 bits per heavy atom. The van der Waals surface area contributed by atoms with Gasteiger partial charge in [-0.1, -0.05) is 66.2 Å². The van der Waals surface area contributed by atoms with Crippen LogP contribution in [0.15, 0.2) is 77.7 Å². The first-order valence-corrected chi connectivity index (χ1v) is 14.2. The van der Waals surface area contributed by atoms with Crippen molar-refractivity contribution in [1.82, 2.24) is 15.4 Å². The molecule has 0 aliphatic carbocycles. The van der Waals surface area contributed by atoms with Crippen LogP contribution in [-0.2, 0) is 37.4 Å². The fourth-order valence-electron chi connectivity index (χ4n) is 3.75. The lowest BCUT2D eigenvalue weighted by atomic mass is 10.0. The third-order valence-electron chi connectivity index (χ3n) is 5.59. The van der Waals surface area contributed by atoms with E-state index in [1.807, 2.05) is 16.9 Å². The Kier molecular flexibility index (Phi) is 10.3. The molecule has 0 heterocycles. The molecular weight excluding hydrogens is 546 g/mol. The van der Waals surface area contributed by atoms with Crippen molar-refractivity contribution in [1.29, 1.82) is 0 Å². The fraction of sp³-hybridized carbons (Fsp3) is 0.222. The van der Waals surface area contributed by atoms with E-state index in [0.717, 1.165) is 18.1 Å². The average molecular weight is 574 g/mol. The van der Waals surface area contributed by atoms with Gasteiger partial charge in [0.2, 0.25) is 17.7 Å². The van der Waals surface area contributed by atoms with E-state index in [4.69, 9.17) is 11.6 Å². The minimum absolute atomic E-state index is 0.0122. The summed E-state index contributed by atoms with van der Waals surface area (Å²) in [5, 5.41) is 5.99. The van der Waals surface area contributed by atoms with Crippen LogP contribution in [0.5, 0.6) is 0 Å². The van der Waals surface area contributed by atoms with E-state index < -0.39 is 21.8 Å². The fourth-order valence-corrected chi connectivity index (χ4v) is 5.48. The summed E-state index contributed by atoms with van der Waals surface area (Å²) in [6, 6.07) is 20.6. The van der Waals surface area contributed by atoms with Gasteiger partial charge in [-0.3, -0.25) is 14.4 Å². The van der Waals surface area contributed by atoms with Crippen LogP contribution in [-0.4, -0.2) is 38.4 Å². The molecule has 3 aromatic rings. The number of benzene rings is 3. The number of carbonyl (C=O) groups is 3. The average Bonchev–Trinajstić information content (AvgIpc) is 2.89. The second kappa shape index (κ2) is 13.5. The van der Waals surface area contributed by atoms with Gasteiger partial charge in [0, 0.05) is 29.8 Å². The van der Waals surface area contributed by atoms with E-state index in [9.17, 15) is 22.8 Å². The maximum Gasteiger partial charge on any atom is 0.264 e. The maximum atomic E-state index is 12.5. The Hall–Kier alpha value is -3.34. The maximum absolute atomic E-state index is 12.5. The monoisotopic (exact) mass is 573 g/mol. The molecule has 0 aliphatic heterocycles. The number of hydrogen-bond acceptors (Lipinski definition) is 6. The second-order valence-corrected chi connectivity index (χ2v) is 11.0. The third-order valence-corrected chi connectivity index (χ3v) is 7.76. The molecule has 3 N–H and O–H groups in total. The van der Waals surface area contributed by atoms with Gasteiger partial charge in [0.05, 0.1) is 17.4 Å². The number of halogens is 1. The van der Waals surface area contributed by atoms with Crippen LogP contribution in [0, 0.1) is 5.92 Å². The van der Waals surface area contributed by atoms with Crippen molar-refractivity contribution < 1.29 is 22.8 Å². The van der Waals surface area contributed by atoms with Gasteiger partial charge in [0.25, 0.3) is 10.0 Å². The Morgan fingerprint density at radius 2 is 1.63 bits per heavy atom. The molecule has 1 atom stereocenters. The number of thiol groups is 1. The molecule has 0 radical (unpaired) electrons. The second-order valence-electron chi connectivity index (χ2n) is 8.56. The number of carbonyl (C=O) groups excluding carboxylic acids is 3. The normalized spacial score (nSPS) is 11.9. The minimum Gasteiger partial charge on any atom is -0.350 e. The van der Waals surface area contributed by atoms with Crippen LogP contribution in [0.1, 0.15) is 18.1 Å². The van der Waals surface area contributed by atoms with Crippen LogP contribution in [0.2, 0.25) is 5.02 Å². The molecule has 0 aromatic heterocycles. The van der Waals surface area contributed by atoms with E-state index in [2.05, 4.69) is 23.3 Å². The summed E-state index contributed by atoms with van der Waals surface area (Å²) in [7, 11) is -4.01. The van der Waals surface area contributed by atoms with Crippen LogP contribution in [0.3, 0.4) is 0 Å². The number of hydrogen-bond donors (Lipinski definition) is 4. The predicted octanol–water partition coefficient (Wildman–Crippen LogP) is 3.35. The van der Waals surface area contributed by atoms with Gasteiger partial charge in [-0.05, 0) is 41.3 Å². The molecule has 38 heavy (non-hydrogen) atoms. The molecule has 0 unspecified atom stereocenters. The molecule has 8 nitrogen and oxygen atoms in total. The molecule has 0 bridgehead atoms. The Bertz CT molecular complexity index is 1410. The van der Waals surface area contributed by atoms with Crippen molar-refractivity contribution in [3.8, 4) is 11.1 Å². The molecule has 200 valence electrons. The molecule has 3 aromatic carbocycles. The van der Waals surface area contributed by atoms with Crippen molar-refractivity contribution in [2.24, 2.45) is 5.92 Å². The van der Waals surface area contributed by atoms with Gasteiger partial charge in [-0.15, -0.1) is 0 Å². The number of amides is 3. The molecule has 0 spiro atoms. The summed E-state index contributed by atoms with van der Waals surface area (Å²) in [5.74, 6) is -1.39. The molecule has 0 aliphatic rings. The number of sulfonamides is 1. The van der Waals surface area contributed by atoms with Crippen molar-refractivity contribution in [2.75, 3.05) is 12.3 Å². The first-order valence-electron chi connectivity index (χ1n) is 11.7. The van der Waals surface area contributed by atoms with E-state index in [1.54, 1.807) is 54.6 Å². The summed E-state index contributed by atoms with van der Waals surface area (Å²) < 4.78 is 27.1. The SMILES string of the molecule is CC(=O)NS(=O)(=O)c1ccccc1-c1ccc(CNC(=O)CNC(=O)[C@@H](CS)Cc2cccc(Cl)c2)cc1. The van der Waals surface area contributed by atoms with Gasteiger partial charge >= 0.3 is 0 Å². The highest BCUT2D eigenvalue weighted by atomic mass is 35.5. The van der Waals surface area contributed by atoms with Crippen molar-refractivity contribution >= 4 is 52.0 Å². The summed E-state index contributed by atoms with van der Waals surface area (Å²) >= 11 is 10.3. The number of rotatable bonds is 11. The van der Waals surface area contributed by atoms with Gasteiger partial charge in [0.15, 0.2) is 0 Å². The van der Waals surface area contributed by atoms with Gasteiger partial charge in [0.1, 0.15) is 0 Å². The zero-order valence-corrected chi connectivity index (χ0v) is 23.1. The standard InChI is InChI=1S/C27H28ClN3O5S2/c1-18(32)31-38(35,36)25-8-3-2-7-24(25)21-11-9-19(10-12-21)15-29-26(33)16-30-27(34)22(17-37)13-20-5-4-6-23(28)14-20/h2-12,14,22,37H,13,15-17H2,1H3,(H,29,33)(H,30,34)(H,31,32)/t22-/m1/s1. The van der Waals surface area contributed by atoms with Crippen LogP contribution in [0.25, 0.3) is 11.1 Å². The molecule has 0 saturated carbocycles. The minimum atomic E-state index is -4.01. The van der Waals surface area contributed by atoms with Gasteiger partial charge in [-0.25, -0.2) is 13.1 Å². The molecule has 0 fully saturated rings. The van der Waals surface area contributed by atoms with Crippen LogP contribution >= 0.6 is 24.2 Å². The number of nitrogens with one attached hydrogen (secondary N) is 3. The summed E-state index contributed by atoms with van der Waals surface area (Å²) in [5.41, 5.74) is 2.77. The lowest BCUT2D eigenvalue weighted by molar-refractivity contribution is -0.128. The van der Waals surface area contributed by atoms with Gasteiger partial charge < -0.3 is 10.6 Å². The summed E-state index contributed by atoms with van der Waals surface area (Å²) in [6.07, 6.45) is 0.457. The van der Waals surface area contributed by atoms with E-state index in [1.165, 1.54) is 6.07 Å². The highest BCUT2D eigenvalue weighted by molar-refractivity contribution is 7.90. The molecular formula is C27H28ClN3O5S2. The summed E-state index contributed by atoms with van der Waals surface area (Å²) in [6.45, 7) is 1.18. The van der Waals surface area contributed by atoms with Crippen LogP contribution in [0.4, 0.5) is 0 Å². The lowest BCUT2D eigenvalue weighted by Gasteiger charge is -2.15. The highest BCUT2D eigenvalue weighted by Gasteiger charge is 2.20. The zero-order valence-electron chi connectivity index (χ0n) is 20.6. The topological polar surface area (TPSA) is 121 Å². The van der Waals surface area contributed by atoms with Gasteiger partial charge in [-0.2, -0.15) is 12.6 Å². The first kappa shape index (κ1) is 29.2. The van der Waals surface area contributed by atoms with Crippen molar-refractivity contribution in [3.05, 3.63) is 88.9 Å². The Morgan fingerprint density at radius 1 is 0.921 bits per heavy atom. The summed E-state index contributed by atoms with van der Waals surface area (Å²) in [4.78, 5) is 36.1. The molecule has 3 amide bonds. The Labute approximate surface area is 232 Å². The van der Waals surface area contributed by atoms with E-state index in [-0.39, 0.29) is 29.8 Å². The largest absolute Gasteiger partial charge is 0.350 e. The predicted molar refractivity (Wildman–Crippen MR) is 150 cm³/mol. The highest BCUT2D eigenvalue weighted by Crippen LogP contribution is 2.27. The quantitative estimate of drug-likeness (QED) is 0.262. The molecule has 11 heteroatoms. The van der Waals surface area contributed by atoms with Crippen molar-refractivity contribution in [3.63, 3.8) is 0 Å². The molecule has 3 rings (SSSR count). The zero-order chi connectivity index (χ0) is 27.7. The van der Waals surface area contributed by atoms with Crippen LogP contribution < -0.4 is 15.4 Å². The van der Waals surface area contributed by atoms with E-state index >= 15 is 0 Å². The molecule has 0 saturated heterocycles. The third kappa shape index (κ3) is 8.34. The van der Waals surface area contributed by atoms with E-state index in [0.29, 0.717) is 28.3 Å².